The molecule has 0 unspecified atom stereocenters. The Balaban J connectivity index is 3.02. The second kappa shape index (κ2) is 16.2. The first-order valence-corrected chi connectivity index (χ1v) is 10.2. The zero-order valence-corrected chi connectivity index (χ0v) is 15.0. The summed E-state index contributed by atoms with van der Waals surface area (Å²) in [5.74, 6) is 0.142. The van der Waals surface area contributed by atoms with Gasteiger partial charge in [0.25, 0.3) is 0 Å². The SMILES string of the molecule is CCCCCCCCCCCCC[SiH2]C(OC)OC. The van der Waals surface area contributed by atoms with E-state index in [4.69, 9.17) is 9.47 Å². The molecular formula is C16H36O2Si. The average Bonchev–Trinajstić information content (AvgIpc) is 2.44. The molecule has 0 aromatic rings. The molecule has 0 bridgehead atoms. The third kappa shape index (κ3) is 14.4. The van der Waals surface area contributed by atoms with Gasteiger partial charge in [-0.25, -0.2) is 0 Å². The van der Waals surface area contributed by atoms with Gasteiger partial charge in [-0.2, -0.15) is 0 Å². The van der Waals surface area contributed by atoms with Gasteiger partial charge >= 0.3 is 0 Å². The molecule has 116 valence electrons. The third-order valence-electron chi connectivity index (χ3n) is 3.82. The largest absolute Gasteiger partial charge is 0.360 e. The van der Waals surface area contributed by atoms with Crippen LogP contribution in [0.4, 0.5) is 0 Å². The van der Waals surface area contributed by atoms with Gasteiger partial charge in [-0.15, -0.1) is 0 Å². The molecule has 0 amide bonds. The van der Waals surface area contributed by atoms with Crippen LogP contribution in [0.25, 0.3) is 0 Å². The summed E-state index contributed by atoms with van der Waals surface area (Å²) < 4.78 is 10.5. The molecule has 19 heavy (non-hydrogen) atoms. The number of hydrogen-bond donors (Lipinski definition) is 0. The number of unbranched alkanes of at least 4 members (excludes halogenated alkanes) is 10. The van der Waals surface area contributed by atoms with Crippen molar-refractivity contribution in [2.75, 3.05) is 14.2 Å². The first kappa shape index (κ1) is 19.1. The van der Waals surface area contributed by atoms with Crippen LogP contribution in [0.15, 0.2) is 0 Å². The zero-order valence-electron chi connectivity index (χ0n) is 13.6. The molecule has 0 aliphatic heterocycles. The molecule has 0 spiro atoms. The number of methoxy groups -OCH3 is 2. The lowest BCUT2D eigenvalue weighted by Gasteiger charge is -2.12. The minimum absolute atomic E-state index is 0.142. The molecule has 0 saturated heterocycles. The van der Waals surface area contributed by atoms with Crippen LogP contribution in [0.1, 0.15) is 77.6 Å². The first-order chi connectivity index (χ1) is 9.35. The molecule has 0 fully saturated rings. The van der Waals surface area contributed by atoms with Gasteiger partial charge in [0.1, 0.15) is 5.91 Å². The molecule has 2 nitrogen and oxygen atoms in total. The fourth-order valence-corrected chi connectivity index (χ4v) is 3.93. The first-order valence-electron chi connectivity index (χ1n) is 8.40. The molecule has 3 heteroatoms. The van der Waals surface area contributed by atoms with Crippen LogP contribution in [0, 0.1) is 0 Å². The maximum Gasteiger partial charge on any atom is 0.134 e. The summed E-state index contributed by atoms with van der Waals surface area (Å²) in [4.78, 5) is 0. The van der Waals surface area contributed by atoms with Gasteiger partial charge in [0.15, 0.2) is 0 Å². The Morgan fingerprint density at radius 3 is 1.53 bits per heavy atom. The second-order valence-corrected chi connectivity index (χ2v) is 7.53. The van der Waals surface area contributed by atoms with Gasteiger partial charge in [-0.3, -0.25) is 0 Å². The predicted molar refractivity (Wildman–Crippen MR) is 87.6 cm³/mol. The van der Waals surface area contributed by atoms with Crippen LogP contribution >= 0.6 is 0 Å². The lowest BCUT2D eigenvalue weighted by molar-refractivity contribution is -0.0441. The number of ether oxygens (including phenoxy) is 2. The molecular weight excluding hydrogens is 252 g/mol. The molecule has 0 aromatic heterocycles. The smallest absolute Gasteiger partial charge is 0.134 e. The summed E-state index contributed by atoms with van der Waals surface area (Å²) in [6, 6.07) is 1.36. The van der Waals surface area contributed by atoms with Gasteiger partial charge < -0.3 is 9.47 Å². The Morgan fingerprint density at radius 2 is 1.11 bits per heavy atom. The highest BCUT2D eigenvalue weighted by Crippen LogP contribution is 2.12. The minimum atomic E-state index is -0.175. The van der Waals surface area contributed by atoms with E-state index in [1.165, 1.54) is 76.7 Å². The summed E-state index contributed by atoms with van der Waals surface area (Å²) in [6.07, 6.45) is 15.7. The van der Waals surface area contributed by atoms with Crippen molar-refractivity contribution in [3.05, 3.63) is 0 Å². The number of rotatable bonds is 15. The molecule has 0 rings (SSSR count). The standard InChI is InChI=1S/C16H36O2Si/c1-4-5-6-7-8-9-10-11-12-13-14-15-19-16(17-2)18-3/h16H,4-15,19H2,1-3H3. The van der Waals surface area contributed by atoms with Crippen LogP contribution in [0.2, 0.25) is 6.04 Å². The second-order valence-electron chi connectivity index (χ2n) is 5.58. The van der Waals surface area contributed by atoms with Gasteiger partial charge in [0.2, 0.25) is 0 Å². The summed E-state index contributed by atoms with van der Waals surface area (Å²) in [7, 11) is 3.33. The fourth-order valence-electron chi connectivity index (χ4n) is 2.48. The lowest BCUT2D eigenvalue weighted by Crippen LogP contribution is -2.20. The number of hydrogen-bond acceptors (Lipinski definition) is 2. The maximum absolute atomic E-state index is 5.24. The van der Waals surface area contributed by atoms with Crippen molar-refractivity contribution in [3.63, 3.8) is 0 Å². The van der Waals surface area contributed by atoms with Crippen molar-refractivity contribution in [3.8, 4) is 0 Å². The Kier molecular flexibility index (Phi) is 16.3. The van der Waals surface area contributed by atoms with E-state index in [0.29, 0.717) is 0 Å². The van der Waals surface area contributed by atoms with E-state index in [9.17, 15) is 0 Å². The highest BCUT2D eigenvalue weighted by molar-refractivity contribution is 6.36. The van der Waals surface area contributed by atoms with Crippen LogP contribution in [0.3, 0.4) is 0 Å². The van der Waals surface area contributed by atoms with Gasteiger partial charge in [0, 0.05) is 14.2 Å². The maximum atomic E-state index is 5.24. The molecule has 0 aliphatic rings. The topological polar surface area (TPSA) is 18.5 Å². The quantitative estimate of drug-likeness (QED) is 0.252. The molecule has 0 saturated carbocycles. The Hall–Kier alpha value is 0.137. The van der Waals surface area contributed by atoms with Crippen molar-refractivity contribution in [2.45, 2.75) is 89.5 Å². The van der Waals surface area contributed by atoms with Crippen molar-refractivity contribution in [1.82, 2.24) is 0 Å². The monoisotopic (exact) mass is 288 g/mol. The van der Waals surface area contributed by atoms with E-state index in [-0.39, 0.29) is 15.4 Å². The summed E-state index contributed by atoms with van der Waals surface area (Å²) >= 11 is 0. The third-order valence-corrected chi connectivity index (χ3v) is 5.87. The molecule has 0 aliphatic carbocycles. The van der Waals surface area contributed by atoms with Gasteiger partial charge in [-0.05, 0) is 0 Å². The highest BCUT2D eigenvalue weighted by atomic mass is 28.2. The Morgan fingerprint density at radius 1 is 0.684 bits per heavy atom. The van der Waals surface area contributed by atoms with E-state index in [0.717, 1.165) is 0 Å². The zero-order chi connectivity index (χ0) is 14.2. The Bertz CT molecular complexity index is 161. The van der Waals surface area contributed by atoms with Crippen LogP contribution in [-0.2, 0) is 9.47 Å². The lowest BCUT2D eigenvalue weighted by atomic mass is 10.1. The van der Waals surface area contributed by atoms with Crippen LogP contribution in [-0.4, -0.2) is 29.7 Å². The van der Waals surface area contributed by atoms with Crippen molar-refractivity contribution < 1.29 is 9.47 Å². The predicted octanol–water partition coefficient (Wildman–Crippen LogP) is 4.46. The Labute approximate surface area is 123 Å². The molecule has 0 aromatic carbocycles. The van der Waals surface area contributed by atoms with E-state index in [2.05, 4.69) is 6.92 Å². The van der Waals surface area contributed by atoms with Crippen molar-refractivity contribution >= 4 is 9.52 Å². The van der Waals surface area contributed by atoms with E-state index in [1.807, 2.05) is 0 Å². The van der Waals surface area contributed by atoms with Crippen LogP contribution in [0.5, 0.6) is 0 Å². The van der Waals surface area contributed by atoms with Crippen molar-refractivity contribution in [2.24, 2.45) is 0 Å². The summed E-state index contributed by atoms with van der Waals surface area (Å²) in [5, 5.41) is 0. The molecule has 0 heterocycles. The minimum Gasteiger partial charge on any atom is -0.360 e. The van der Waals surface area contributed by atoms with E-state index >= 15 is 0 Å². The average molecular weight is 289 g/mol. The molecule has 0 N–H and O–H groups in total. The van der Waals surface area contributed by atoms with Gasteiger partial charge in [-0.1, -0.05) is 83.6 Å². The fraction of sp³-hybridized carbons (Fsp3) is 1.00. The normalized spacial score (nSPS) is 12.0. The van der Waals surface area contributed by atoms with E-state index in [1.54, 1.807) is 14.2 Å². The summed E-state index contributed by atoms with van der Waals surface area (Å²) in [5.41, 5.74) is 0. The molecule has 0 atom stereocenters. The summed E-state index contributed by atoms with van der Waals surface area (Å²) in [6.45, 7) is 2.28. The van der Waals surface area contributed by atoms with Crippen LogP contribution < -0.4 is 0 Å². The molecule has 0 radical (unpaired) electrons. The highest BCUT2D eigenvalue weighted by Gasteiger charge is 2.04. The van der Waals surface area contributed by atoms with Crippen molar-refractivity contribution in [1.29, 1.82) is 0 Å². The van der Waals surface area contributed by atoms with Gasteiger partial charge in [0.05, 0.1) is 9.52 Å². The van der Waals surface area contributed by atoms with E-state index < -0.39 is 0 Å².